The molecule has 0 unspecified atom stereocenters. The molecule has 0 aromatic carbocycles. The van der Waals surface area contributed by atoms with Gasteiger partial charge in [-0.3, -0.25) is 10.3 Å². The van der Waals surface area contributed by atoms with Gasteiger partial charge in [0.15, 0.2) is 11.7 Å². The van der Waals surface area contributed by atoms with Crippen LogP contribution in [0.4, 0.5) is 4.79 Å². The fourth-order valence-electron chi connectivity index (χ4n) is 2.26. The summed E-state index contributed by atoms with van der Waals surface area (Å²) >= 11 is 0. The standard InChI is InChI=1S/C13H21N5O2.CH5N.CH4.H3N/c1-5-18-9-7-17(12(19)20-13(2,3)4)6-8(9)16-11(18)10(14)15;1-2;;/h5-7H2,1-4H3,(H3,14,15);2H2,1H3;1H4;1H3. The van der Waals surface area contributed by atoms with Crippen molar-refractivity contribution in [1.29, 1.82) is 5.41 Å². The highest BCUT2D eigenvalue weighted by atomic mass is 16.6. The fourth-order valence-corrected chi connectivity index (χ4v) is 2.26. The highest BCUT2D eigenvalue weighted by Crippen LogP contribution is 2.25. The molecule has 9 nitrogen and oxygen atoms in total. The lowest BCUT2D eigenvalue weighted by Crippen LogP contribution is -2.34. The first-order chi connectivity index (χ1) is 10.2. The van der Waals surface area contributed by atoms with E-state index < -0.39 is 5.60 Å². The number of nitrogens with two attached hydrogens (primary N) is 2. The van der Waals surface area contributed by atoms with Crippen LogP contribution in [0.3, 0.4) is 0 Å². The number of amidine groups is 1. The van der Waals surface area contributed by atoms with Crippen LogP contribution < -0.4 is 17.6 Å². The Morgan fingerprint density at radius 2 is 1.88 bits per heavy atom. The molecule has 0 saturated heterocycles. The molecule has 0 spiro atoms. The monoisotopic (exact) mass is 343 g/mol. The van der Waals surface area contributed by atoms with E-state index in [4.69, 9.17) is 15.9 Å². The Morgan fingerprint density at radius 1 is 1.33 bits per heavy atom. The van der Waals surface area contributed by atoms with Crippen LogP contribution in [0.1, 0.15) is 52.3 Å². The van der Waals surface area contributed by atoms with Crippen molar-refractivity contribution in [3.05, 3.63) is 17.2 Å². The number of imidazole rings is 1. The van der Waals surface area contributed by atoms with E-state index in [-0.39, 0.29) is 25.5 Å². The third-order valence-electron chi connectivity index (χ3n) is 3.05. The summed E-state index contributed by atoms with van der Waals surface area (Å²) in [7, 11) is 1.50. The van der Waals surface area contributed by atoms with Crippen molar-refractivity contribution in [2.24, 2.45) is 11.5 Å². The molecule has 8 N–H and O–H groups in total. The highest BCUT2D eigenvalue weighted by Gasteiger charge is 2.32. The average molecular weight is 343 g/mol. The van der Waals surface area contributed by atoms with Gasteiger partial charge in [-0.25, -0.2) is 9.78 Å². The zero-order chi connectivity index (χ0) is 17.1. The maximum atomic E-state index is 12.0. The van der Waals surface area contributed by atoms with Crippen molar-refractivity contribution in [2.75, 3.05) is 7.05 Å². The first kappa shape index (κ1) is 24.1. The van der Waals surface area contributed by atoms with Gasteiger partial charge in [0.1, 0.15) is 5.60 Å². The van der Waals surface area contributed by atoms with Gasteiger partial charge in [-0.05, 0) is 34.7 Å². The molecule has 0 bridgehead atoms. The molecular formula is C15H33N7O2. The number of fused-ring (bicyclic) bond motifs is 1. The zero-order valence-corrected chi connectivity index (χ0v) is 14.6. The predicted molar refractivity (Wildman–Crippen MR) is 96.3 cm³/mol. The van der Waals surface area contributed by atoms with E-state index in [0.29, 0.717) is 25.5 Å². The minimum Gasteiger partial charge on any atom is -0.444 e. The molecule has 2 heterocycles. The van der Waals surface area contributed by atoms with Crippen LogP contribution in [-0.2, 0) is 24.4 Å². The minimum atomic E-state index is -0.512. The summed E-state index contributed by atoms with van der Waals surface area (Å²) in [6.45, 7) is 8.99. The summed E-state index contributed by atoms with van der Waals surface area (Å²) in [6.07, 6.45) is -0.345. The van der Waals surface area contributed by atoms with Crippen molar-refractivity contribution in [2.45, 2.75) is 60.4 Å². The maximum absolute atomic E-state index is 12.0. The number of nitrogen functional groups attached to an aromatic ring is 1. The van der Waals surface area contributed by atoms with Crippen LogP contribution in [0, 0.1) is 5.41 Å². The van der Waals surface area contributed by atoms with E-state index in [1.807, 2.05) is 32.3 Å². The van der Waals surface area contributed by atoms with Gasteiger partial charge in [-0.1, -0.05) is 7.43 Å². The lowest BCUT2D eigenvalue weighted by atomic mass is 10.2. The van der Waals surface area contributed by atoms with Crippen molar-refractivity contribution >= 4 is 11.9 Å². The van der Waals surface area contributed by atoms with Crippen molar-refractivity contribution in [3.8, 4) is 0 Å². The number of nitrogens with one attached hydrogen (secondary N) is 1. The van der Waals surface area contributed by atoms with E-state index in [9.17, 15) is 4.79 Å². The molecule has 2 rings (SSSR count). The summed E-state index contributed by atoms with van der Waals surface area (Å²) in [6, 6.07) is 0. The Balaban J connectivity index is 0. The predicted octanol–water partition coefficient (Wildman–Crippen LogP) is 1.81. The normalized spacial score (nSPS) is 12.2. The van der Waals surface area contributed by atoms with Crippen LogP contribution in [0.15, 0.2) is 0 Å². The molecule has 0 fully saturated rings. The zero-order valence-electron chi connectivity index (χ0n) is 14.6. The second-order valence-corrected chi connectivity index (χ2v) is 5.82. The Kier molecular flexibility index (Phi) is 9.28. The van der Waals surface area contributed by atoms with Gasteiger partial charge >= 0.3 is 6.09 Å². The first-order valence-electron chi connectivity index (χ1n) is 7.21. The lowest BCUT2D eigenvalue weighted by molar-refractivity contribution is 0.0237. The first-order valence-corrected chi connectivity index (χ1v) is 7.21. The molecule has 0 aliphatic carbocycles. The number of carbonyl (C=O) groups excluding carboxylic acids is 1. The molecule has 0 atom stereocenters. The van der Waals surface area contributed by atoms with E-state index >= 15 is 0 Å². The van der Waals surface area contributed by atoms with Crippen molar-refractivity contribution in [3.63, 3.8) is 0 Å². The lowest BCUT2D eigenvalue weighted by Gasteiger charge is -2.24. The molecular weight excluding hydrogens is 310 g/mol. The van der Waals surface area contributed by atoms with Gasteiger partial charge in [0, 0.05) is 6.54 Å². The molecule has 0 radical (unpaired) electrons. The van der Waals surface area contributed by atoms with Crippen LogP contribution in [0.25, 0.3) is 0 Å². The second-order valence-electron chi connectivity index (χ2n) is 5.82. The third-order valence-corrected chi connectivity index (χ3v) is 3.05. The summed E-state index contributed by atoms with van der Waals surface area (Å²) in [5, 5.41) is 7.53. The number of carbonyl (C=O) groups is 1. The van der Waals surface area contributed by atoms with Gasteiger partial charge in [0.05, 0.1) is 24.5 Å². The summed E-state index contributed by atoms with van der Waals surface area (Å²) in [5.41, 5.74) is 11.2. The number of nitrogens with zero attached hydrogens (tertiary/aromatic N) is 3. The fraction of sp³-hybridized carbons (Fsp3) is 0.667. The van der Waals surface area contributed by atoms with Gasteiger partial charge < -0.3 is 26.9 Å². The molecule has 140 valence electrons. The quantitative estimate of drug-likeness (QED) is 0.473. The largest absolute Gasteiger partial charge is 0.444 e. The van der Waals surface area contributed by atoms with Gasteiger partial charge in [0.25, 0.3) is 0 Å². The highest BCUT2D eigenvalue weighted by molar-refractivity contribution is 5.91. The third kappa shape index (κ3) is 5.20. The Morgan fingerprint density at radius 3 is 2.29 bits per heavy atom. The molecule has 0 saturated carbocycles. The Bertz CT molecular complexity index is 561. The van der Waals surface area contributed by atoms with E-state index in [1.165, 1.54) is 7.05 Å². The van der Waals surface area contributed by atoms with Gasteiger partial charge in [-0.15, -0.1) is 0 Å². The topological polar surface area (TPSA) is 158 Å². The van der Waals surface area contributed by atoms with Crippen molar-refractivity contribution < 1.29 is 9.53 Å². The number of rotatable bonds is 2. The average Bonchev–Trinajstić information content (AvgIpc) is 2.95. The summed E-state index contributed by atoms with van der Waals surface area (Å²) in [4.78, 5) is 18.0. The summed E-state index contributed by atoms with van der Waals surface area (Å²) in [5.74, 6) is 0.423. The maximum Gasteiger partial charge on any atom is 0.410 e. The number of ether oxygens (including phenoxy) is 1. The molecule has 9 heteroatoms. The Labute approximate surface area is 144 Å². The molecule has 1 aliphatic rings. The smallest absolute Gasteiger partial charge is 0.410 e. The number of aromatic nitrogens is 2. The van der Waals surface area contributed by atoms with Crippen LogP contribution in [0.2, 0.25) is 0 Å². The van der Waals surface area contributed by atoms with E-state index in [1.54, 1.807) is 4.90 Å². The SMILES string of the molecule is C.CCn1c(C(=N)N)nc2c1CN(C(=O)OC(C)(C)C)C2.CN.N. The van der Waals surface area contributed by atoms with Gasteiger partial charge in [-0.2, -0.15) is 0 Å². The molecule has 1 amide bonds. The second kappa shape index (κ2) is 9.24. The van der Waals surface area contributed by atoms with Crippen LogP contribution in [-0.4, -0.2) is 39.0 Å². The van der Waals surface area contributed by atoms with E-state index in [2.05, 4.69) is 10.7 Å². The molecule has 1 aliphatic heterocycles. The summed E-state index contributed by atoms with van der Waals surface area (Å²) < 4.78 is 7.23. The number of hydrogen-bond donors (Lipinski definition) is 4. The minimum absolute atomic E-state index is 0. The molecule has 24 heavy (non-hydrogen) atoms. The number of hydrogen-bond acceptors (Lipinski definition) is 6. The Hall–Kier alpha value is -2.13. The van der Waals surface area contributed by atoms with Crippen LogP contribution in [0.5, 0.6) is 0 Å². The van der Waals surface area contributed by atoms with Crippen LogP contribution >= 0.6 is 0 Å². The molecule has 1 aromatic heterocycles. The molecule has 1 aromatic rings. The van der Waals surface area contributed by atoms with E-state index in [0.717, 1.165) is 11.4 Å². The number of amides is 1. The van der Waals surface area contributed by atoms with Gasteiger partial charge in [0.2, 0.25) is 0 Å². The van der Waals surface area contributed by atoms with Crippen molar-refractivity contribution in [1.82, 2.24) is 20.6 Å².